The lowest BCUT2D eigenvalue weighted by Crippen LogP contribution is -2.49. The predicted octanol–water partition coefficient (Wildman–Crippen LogP) is -0.416. The molecule has 1 atom stereocenters. The van der Waals surface area contributed by atoms with Gasteiger partial charge in [0.05, 0.1) is 13.7 Å². The number of urea groups is 1. The van der Waals surface area contributed by atoms with Crippen LogP contribution in [-0.4, -0.2) is 56.0 Å². The number of carbonyl (C=O) groups is 3. The molecule has 0 aliphatic carbocycles. The third-order valence-electron chi connectivity index (χ3n) is 2.17. The van der Waals surface area contributed by atoms with Gasteiger partial charge in [0.15, 0.2) is 0 Å². The second kappa shape index (κ2) is 9.15. The van der Waals surface area contributed by atoms with Gasteiger partial charge in [-0.3, -0.25) is 0 Å². The van der Waals surface area contributed by atoms with Crippen molar-refractivity contribution in [3.8, 4) is 0 Å². The zero-order chi connectivity index (χ0) is 14.8. The lowest BCUT2D eigenvalue weighted by Gasteiger charge is -2.19. The van der Waals surface area contributed by atoms with Crippen molar-refractivity contribution >= 4 is 18.0 Å². The van der Waals surface area contributed by atoms with Gasteiger partial charge in [0.1, 0.15) is 12.6 Å². The Morgan fingerprint density at radius 3 is 2.37 bits per heavy atom. The summed E-state index contributed by atoms with van der Waals surface area (Å²) < 4.78 is 9.31. The van der Waals surface area contributed by atoms with Crippen molar-refractivity contribution in [2.24, 2.45) is 5.92 Å². The van der Waals surface area contributed by atoms with E-state index in [1.165, 1.54) is 7.11 Å². The third kappa shape index (κ3) is 7.98. The lowest BCUT2D eigenvalue weighted by molar-refractivity contribution is -0.144. The third-order valence-corrected chi connectivity index (χ3v) is 2.17. The molecule has 0 saturated carbocycles. The second-order valence-electron chi connectivity index (χ2n) is 4.09. The quantitative estimate of drug-likeness (QED) is 0.410. The van der Waals surface area contributed by atoms with E-state index >= 15 is 0 Å². The molecule has 110 valence electrons. The number of methoxy groups -OCH3 is 1. The number of aliphatic carboxylic acids is 1. The van der Waals surface area contributed by atoms with E-state index in [4.69, 9.17) is 9.84 Å². The molecule has 0 bridgehead atoms. The first-order chi connectivity index (χ1) is 8.88. The number of hydrogen-bond acceptors (Lipinski definition) is 5. The summed E-state index contributed by atoms with van der Waals surface area (Å²) in [5, 5.41) is 13.2. The fourth-order valence-electron chi connectivity index (χ4n) is 1.21. The largest absolute Gasteiger partial charge is 0.480 e. The zero-order valence-electron chi connectivity index (χ0n) is 11.3. The predicted molar refractivity (Wildman–Crippen MR) is 65.6 cm³/mol. The first-order valence-electron chi connectivity index (χ1n) is 5.80. The van der Waals surface area contributed by atoms with Crippen LogP contribution in [0.2, 0.25) is 0 Å². The molecular formula is C11H20N2O6. The van der Waals surface area contributed by atoms with Crippen LogP contribution in [0.4, 0.5) is 4.79 Å². The molecule has 0 aromatic heterocycles. The van der Waals surface area contributed by atoms with Crippen molar-refractivity contribution in [2.75, 3.05) is 26.9 Å². The van der Waals surface area contributed by atoms with E-state index in [0.29, 0.717) is 0 Å². The van der Waals surface area contributed by atoms with Gasteiger partial charge in [0.2, 0.25) is 0 Å². The summed E-state index contributed by atoms with van der Waals surface area (Å²) in [4.78, 5) is 33.0. The van der Waals surface area contributed by atoms with E-state index in [2.05, 4.69) is 15.4 Å². The molecule has 0 aromatic carbocycles. The van der Waals surface area contributed by atoms with Crippen molar-refractivity contribution in [1.82, 2.24) is 10.6 Å². The molecule has 0 aliphatic heterocycles. The van der Waals surface area contributed by atoms with E-state index in [0.717, 1.165) is 0 Å². The zero-order valence-corrected chi connectivity index (χ0v) is 11.3. The maximum absolute atomic E-state index is 11.5. The summed E-state index contributed by atoms with van der Waals surface area (Å²) in [6.45, 7) is 3.35. The Kier molecular flexibility index (Phi) is 8.27. The lowest BCUT2D eigenvalue weighted by atomic mass is 10.1. The smallest absolute Gasteiger partial charge is 0.329 e. The van der Waals surface area contributed by atoms with Gasteiger partial charge in [0, 0.05) is 6.54 Å². The highest BCUT2D eigenvalue weighted by molar-refractivity contribution is 5.83. The fourth-order valence-corrected chi connectivity index (χ4v) is 1.21. The van der Waals surface area contributed by atoms with Crippen LogP contribution < -0.4 is 10.6 Å². The van der Waals surface area contributed by atoms with Crippen LogP contribution in [-0.2, 0) is 19.1 Å². The molecule has 0 rings (SSSR count). The summed E-state index contributed by atoms with van der Waals surface area (Å²) >= 11 is 0. The molecule has 0 heterocycles. The second-order valence-corrected chi connectivity index (χ2v) is 4.09. The monoisotopic (exact) mass is 276 g/mol. The first-order valence-corrected chi connectivity index (χ1v) is 5.80. The van der Waals surface area contributed by atoms with Gasteiger partial charge >= 0.3 is 18.0 Å². The fraction of sp³-hybridized carbons (Fsp3) is 0.727. The van der Waals surface area contributed by atoms with Crippen LogP contribution in [0.3, 0.4) is 0 Å². The van der Waals surface area contributed by atoms with Gasteiger partial charge in [-0.25, -0.2) is 14.4 Å². The van der Waals surface area contributed by atoms with Crippen LogP contribution in [0, 0.1) is 5.92 Å². The molecule has 0 radical (unpaired) electrons. The van der Waals surface area contributed by atoms with E-state index < -0.39 is 30.6 Å². The Bertz CT molecular complexity index is 318. The van der Waals surface area contributed by atoms with Crippen LogP contribution in [0.25, 0.3) is 0 Å². The van der Waals surface area contributed by atoms with E-state index in [1.54, 1.807) is 13.8 Å². The van der Waals surface area contributed by atoms with Crippen LogP contribution in [0.15, 0.2) is 0 Å². The van der Waals surface area contributed by atoms with Crippen molar-refractivity contribution in [3.63, 3.8) is 0 Å². The van der Waals surface area contributed by atoms with Crippen molar-refractivity contribution in [2.45, 2.75) is 19.9 Å². The average molecular weight is 276 g/mol. The number of carboxylic acids is 1. The SMILES string of the molecule is COC(=O)C(NC(=O)NCCOCC(=O)O)C(C)C. The van der Waals surface area contributed by atoms with Gasteiger partial charge in [-0.1, -0.05) is 13.8 Å². The van der Waals surface area contributed by atoms with Crippen LogP contribution in [0.1, 0.15) is 13.8 Å². The summed E-state index contributed by atoms with van der Waals surface area (Å²) in [6, 6.07) is -1.27. The topological polar surface area (TPSA) is 114 Å². The van der Waals surface area contributed by atoms with E-state index in [-0.39, 0.29) is 19.1 Å². The molecule has 19 heavy (non-hydrogen) atoms. The average Bonchev–Trinajstić information content (AvgIpc) is 2.33. The molecule has 3 N–H and O–H groups in total. The number of ether oxygens (including phenoxy) is 2. The molecule has 8 heteroatoms. The summed E-state index contributed by atoms with van der Waals surface area (Å²) in [6.07, 6.45) is 0. The highest BCUT2D eigenvalue weighted by atomic mass is 16.5. The van der Waals surface area contributed by atoms with Crippen molar-refractivity contribution in [3.05, 3.63) is 0 Å². The van der Waals surface area contributed by atoms with Crippen molar-refractivity contribution < 1.29 is 29.0 Å². The first kappa shape index (κ1) is 17.2. The summed E-state index contributed by atoms with van der Waals surface area (Å²) in [5.41, 5.74) is 0. The minimum Gasteiger partial charge on any atom is -0.480 e. The normalized spacial score (nSPS) is 11.8. The molecule has 0 saturated heterocycles. The molecule has 0 spiro atoms. The Morgan fingerprint density at radius 2 is 1.89 bits per heavy atom. The summed E-state index contributed by atoms with van der Waals surface area (Å²) in [7, 11) is 1.25. The van der Waals surface area contributed by atoms with Crippen molar-refractivity contribution in [1.29, 1.82) is 0 Å². The Morgan fingerprint density at radius 1 is 1.26 bits per heavy atom. The number of amides is 2. The van der Waals surface area contributed by atoms with Gasteiger partial charge in [-0.15, -0.1) is 0 Å². The molecule has 0 aliphatic rings. The Balaban J connectivity index is 3.94. The number of nitrogens with one attached hydrogen (secondary N) is 2. The summed E-state index contributed by atoms with van der Waals surface area (Å²) in [5.74, 6) is -1.70. The molecule has 0 aromatic rings. The number of rotatable bonds is 8. The van der Waals surface area contributed by atoms with E-state index in [9.17, 15) is 14.4 Å². The molecular weight excluding hydrogens is 256 g/mol. The maximum Gasteiger partial charge on any atom is 0.329 e. The number of hydrogen-bond donors (Lipinski definition) is 3. The Labute approximate surface area is 111 Å². The molecule has 1 unspecified atom stereocenters. The van der Waals surface area contributed by atoms with Gasteiger partial charge in [-0.05, 0) is 5.92 Å². The minimum absolute atomic E-state index is 0.0737. The maximum atomic E-state index is 11.5. The molecule has 0 fully saturated rings. The molecule has 2 amide bonds. The highest BCUT2D eigenvalue weighted by Gasteiger charge is 2.24. The van der Waals surface area contributed by atoms with Gasteiger partial charge < -0.3 is 25.2 Å². The number of carboxylic acid groups (broad SMARTS) is 1. The number of esters is 1. The Hall–Kier alpha value is -1.83. The number of carbonyl (C=O) groups excluding carboxylic acids is 2. The van der Waals surface area contributed by atoms with Crippen LogP contribution >= 0.6 is 0 Å². The van der Waals surface area contributed by atoms with E-state index in [1.807, 2.05) is 0 Å². The standard InChI is InChI=1S/C11H20N2O6/c1-7(2)9(10(16)18-3)13-11(17)12-4-5-19-6-8(14)15/h7,9H,4-6H2,1-3H3,(H,14,15)(H2,12,13,17). The van der Waals surface area contributed by atoms with Gasteiger partial charge in [0.25, 0.3) is 0 Å². The molecule has 8 nitrogen and oxygen atoms in total. The highest BCUT2D eigenvalue weighted by Crippen LogP contribution is 2.03. The van der Waals surface area contributed by atoms with Crippen LogP contribution in [0.5, 0.6) is 0 Å². The van der Waals surface area contributed by atoms with Gasteiger partial charge in [-0.2, -0.15) is 0 Å². The minimum atomic E-state index is -1.07.